The summed E-state index contributed by atoms with van der Waals surface area (Å²) >= 11 is 0. The third-order valence-electron chi connectivity index (χ3n) is 13.6. The fourth-order valence-corrected chi connectivity index (χ4v) is 11.6. The number of carbonyl (C=O) groups excluding carboxylic acids is 1. The van der Waals surface area contributed by atoms with Crippen LogP contribution >= 0.6 is 0 Å². The van der Waals surface area contributed by atoms with Gasteiger partial charge in [-0.05, 0) is 112 Å². The van der Waals surface area contributed by atoms with Crippen molar-refractivity contribution in [3.05, 3.63) is 11.6 Å². The molecule has 5 saturated carbocycles. The van der Waals surface area contributed by atoms with E-state index in [9.17, 15) is 24.9 Å². The van der Waals surface area contributed by atoms with Gasteiger partial charge in [-0.3, -0.25) is 9.59 Å². The molecule has 5 rings (SSSR count). The minimum Gasteiger partial charge on any atom is -0.481 e. The van der Waals surface area contributed by atoms with Crippen molar-refractivity contribution in [3.63, 3.8) is 0 Å². The Labute approximate surface area is 235 Å². The Morgan fingerprint density at radius 3 is 2.33 bits per heavy atom. The minimum absolute atomic E-state index is 0.0227. The van der Waals surface area contributed by atoms with E-state index in [0.717, 1.165) is 25.7 Å². The number of aliphatic hydroxyl groups is 2. The Balaban J connectivity index is 1.59. The van der Waals surface area contributed by atoms with Crippen LogP contribution in [0.2, 0.25) is 0 Å². The molecule has 1 spiro atoms. The lowest BCUT2D eigenvalue weighted by molar-refractivity contribution is -0.241. The van der Waals surface area contributed by atoms with Gasteiger partial charge in [-0.2, -0.15) is 0 Å². The van der Waals surface area contributed by atoms with Gasteiger partial charge < -0.3 is 20.1 Å². The van der Waals surface area contributed by atoms with Gasteiger partial charge >= 0.3 is 11.9 Å². The zero-order valence-corrected chi connectivity index (χ0v) is 25.3. The summed E-state index contributed by atoms with van der Waals surface area (Å²) in [4.78, 5) is 25.9. The molecular formula is C33H52O6. The largest absolute Gasteiger partial charge is 0.481 e. The Hall–Kier alpha value is -1.40. The van der Waals surface area contributed by atoms with Crippen LogP contribution < -0.4 is 0 Å². The second kappa shape index (κ2) is 9.31. The lowest BCUT2D eigenvalue weighted by atomic mass is 9.36. The second-order valence-electron chi connectivity index (χ2n) is 15.2. The molecule has 12 atom stereocenters. The molecule has 5 aliphatic rings. The second-order valence-corrected chi connectivity index (χ2v) is 15.2. The summed E-state index contributed by atoms with van der Waals surface area (Å²) in [6.45, 7) is 15.1. The first-order chi connectivity index (χ1) is 18.1. The summed E-state index contributed by atoms with van der Waals surface area (Å²) < 4.78 is 6.22. The van der Waals surface area contributed by atoms with Crippen molar-refractivity contribution >= 4 is 11.9 Å². The van der Waals surface area contributed by atoms with Gasteiger partial charge in [-0.1, -0.05) is 46.3 Å². The van der Waals surface area contributed by atoms with Crippen molar-refractivity contribution < 1.29 is 29.6 Å². The van der Waals surface area contributed by atoms with E-state index >= 15 is 0 Å². The maximum Gasteiger partial charge on any atom is 0.310 e. The van der Waals surface area contributed by atoms with Crippen molar-refractivity contribution in [3.8, 4) is 0 Å². The molecule has 0 aromatic heterocycles. The van der Waals surface area contributed by atoms with Gasteiger partial charge in [-0.15, -0.1) is 0 Å². The number of esters is 1. The number of allylic oxidation sites excluding steroid dienone is 2. The molecule has 5 fully saturated rings. The number of fused-ring (bicyclic) bond motifs is 6. The molecule has 0 aliphatic heterocycles. The van der Waals surface area contributed by atoms with Crippen LogP contribution in [-0.4, -0.2) is 45.6 Å². The van der Waals surface area contributed by atoms with Crippen LogP contribution in [0.5, 0.6) is 0 Å². The highest BCUT2D eigenvalue weighted by molar-refractivity contribution is 5.81. The lowest BCUT2D eigenvalue weighted by Crippen LogP contribution is -2.66. The van der Waals surface area contributed by atoms with E-state index < -0.39 is 29.0 Å². The Morgan fingerprint density at radius 2 is 1.72 bits per heavy atom. The van der Waals surface area contributed by atoms with Crippen molar-refractivity contribution in [1.82, 2.24) is 0 Å². The van der Waals surface area contributed by atoms with Crippen LogP contribution in [0.4, 0.5) is 0 Å². The number of aliphatic carboxylic acids is 1. The van der Waals surface area contributed by atoms with Crippen LogP contribution in [-0.2, 0) is 14.3 Å². The summed E-state index contributed by atoms with van der Waals surface area (Å²) in [5, 5.41) is 33.6. The minimum atomic E-state index is -0.937. The van der Waals surface area contributed by atoms with E-state index in [2.05, 4.69) is 33.8 Å². The number of hydrogen-bond donors (Lipinski definition) is 3. The van der Waals surface area contributed by atoms with Gasteiger partial charge in [0.05, 0.1) is 17.6 Å². The van der Waals surface area contributed by atoms with Crippen LogP contribution in [0.25, 0.3) is 0 Å². The number of carboxylic acids is 1. The molecule has 0 bridgehead atoms. The van der Waals surface area contributed by atoms with Gasteiger partial charge in [0.15, 0.2) is 0 Å². The summed E-state index contributed by atoms with van der Waals surface area (Å²) in [5.41, 5.74) is -0.951. The first-order valence-corrected chi connectivity index (χ1v) is 15.6. The first kappa shape index (κ1) is 29.1. The van der Waals surface area contributed by atoms with Gasteiger partial charge in [0.1, 0.15) is 6.10 Å². The van der Waals surface area contributed by atoms with Crippen LogP contribution in [0.1, 0.15) is 113 Å². The highest BCUT2D eigenvalue weighted by Gasteiger charge is 2.86. The predicted molar refractivity (Wildman–Crippen MR) is 150 cm³/mol. The van der Waals surface area contributed by atoms with Gasteiger partial charge in [-0.25, -0.2) is 0 Å². The Bertz CT molecular complexity index is 1050. The lowest BCUT2D eigenvalue weighted by Gasteiger charge is -2.69. The number of rotatable bonds is 6. The molecule has 6 heteroatoms. The van der Waals surface area contributed by atoms with E-state index in [1.807, 2.05) is 13.8 Å². The average molecular weight is 545 g/mol. The quantitative estimate of drug-likeness (QED) is 0.274. The monoisotopic (exact) mass is 544 g/mol. The maximum atomic E-state index is 13.1. The predicted octanol–water partition coefficient (Wildman–Crippen LogP) is 6.14. The molecule has 0 aromatic carbocycles. The molecule has 0 radical (unpaired) electrons. The third kappa shape index (κ3) is 3.72. The van der Waals surface area contributed by atoms with Gasteiger partial charge in [0.25, 0.3) is 0 Å². The molecule has 220 valence electrons. The SMILES string of the molecule is CCC(=O)O[C@H]1C[C@@]2(C)[C@@H](C[C@@H](O)C3[C@]2(C)CC[C@H]2[C@H](C)[C@H](O)CC[C@]32C)[C@]12C[C@]2(CCC=C(C)C)C(=O)O. The molecule has 6 nitrogen and oxygen atoms in total. The fraction of sp³-hybridized carbons (Fsp3) is 0.879. The standard InChI is InChI=1S/C33H52O6/c1-8-26(36)39-25-17-31(7)24(33(25)18-32(33,28(37)38)13-9-10-19(2)3)16-23(35)27-29(5)14-12-22(34)20(4)21(29)11-15-30(27,31)6/h10,20-25,27,34-35H,8-9,11-18H2,1-7H3,(H,37,38)/t20-,21-,22+,23+,24+,25-,27?,29-,30-,31-,32+,33+/m0/s1. The van der Waals surface area contributed by atoms with E-state index in [4.69, 9.17) is 4.74 Å². The van der Waals surface area contributed by atoms with E-state index in [1.165, 1.54) is 5.57 Å². The third-order valence-corrected chi connectivity index (χ3v) is 13.6. The van der Waals surface area contributed by atoms with Crippen molar-refractivity contribution in [2.24, 2.45) is 50.7 Å². The molecule has 3 N–H and O–H groups in total. The summed E-state index contributed by atoms with van der Waals surface area (Å²) in [6.07, 6.45) is 7.72. The number of carbonyl (C=O) groups is 2. The molecule has 39 heavy (non-hydrogen) atoms. The Morgan fingerprint density at radius 1 is 1.03 bits per heavy atom. The van der Waals surface area contributed by atoms with Crippen molar-refractivity contribution in [1.29, 1.82) is 0 Å². The van der Waals surface area contributed by atoms with E-state index in [1.54, 1.807) is 6.92 Å². The molecule has 0 amide bonds. The zero-order valence-electron chi connectivity index (χ0n) is 25.3. The molecule has 1 unspecified atom stereocenters. The topological polar surface area (TPSA) is 104 Å². The fourth-order valence-electron chi connectivity index (χ4n) is 11.6. The molecule has 0 aromatic rings. The van der Waals surface area contributed by atoms with Gasteiger partial charge in [0, 0.05) is 11.8 Å². The summed E-state index contributed by atoms with van der Waals surface area (Å²) in [7, 11) is 0. The summed E-state index contributed by atoms with van der Waals surface area (Å²) in [6, 6.07) is 0. The zero-order chi connectivity index (χ0) is 28.8. The van der Waals surface area contributed by atoms with E-state index in [-0.39, 0.29) is 52.5 Å². The van der Waals surface area contributed by atoms with Crippen molar-refractivity contribution in [2.75, 3.05) is 0 Å². The average Bonchev–Trinajstić information content (AvgIpc) is 3.47. The number of hydrogen-bond acceptors (Lipinski definition) is 5. The van der Waals surface area contributed by atoms with Crippen LogP contribution in [0.3, 0.4) is 0 Å². The Kier molecular flexibility index (Phi) is 6.94. The molecule has 0 heterocycles. The first-order valence-electron chi connectivity index (χ1n) is 15.6. The normalized spacial score (nSPS) is 51.9. The maximum absolute atomic E-state index is 13.1. The number of aliphatic hydroxyl groups excluding tert-OH is 2. The highest BCUT2D eigenvalue weighted by Crippen LogP contribution is 2.85. The highest BCUT2D eigenvalue weighted by atomic mass is 16.5. The molecular weight excluding hydrogens is 492 g/mol. The molecule has 5 aliphatic carbocycles. The van der Waals surface area contributed by atoms with Gasteiger partial charge in [0.2, 0.25) is 0 Å². The molecule has 0 saturated heterocycles. The smallest absolute Gasteiger partial charge is 0.310 e. The summed E-state index contributed by atoms with van der Waals surface area (Å²) in [5.74, 6) is -0.422. The van der Waals surface area contributed by atoms with E-state index in [0.29, 0.717) is 38.0 Å². The number of carboxylic acid groups (broad SMARTS) is 1. The van der Waals surface area contributed by atoms with Crippen molar-refractivity contribution in [2.45, 2.75) is 131 Å². The van der Waals surface area contributed by atoms with Crippen LogP contribution in [0, 0.1) is 50.7 Å². The number of ether oxygens (including phenoxy) is 1. The van der Waals surface area contributed by atoms with Crippen LogP contribution in [0.15, 0.2) is 11.6 Å².